The number of unbranched alkanes of at least 4 members (excludes halogenated alkanes) is 1. The van der Waals surface area contributed by atoms with Crippen LogP contribution in [0.1, 0.15) is 35.7 Å². The number of hydrogen-bond acceptors (Lipinski definition) is 6. The number of nitrogens with zero attached hydrogens (tertiary/aromatic N) is 3. The maximum absolute atomic E-state index is 13.2. The summed E-state index contributed by atoms with van der Waals surface area (Å²) in [7, 11) is 3.20. The van der Waals surface area contributed by atoms with Crippen molar-refractivity contribution in [1.29, 1.82) is 0 Å². The number of ether oxygens (including phenoxy) is 2. The third-order valence-electron chi connectivity index (χ3n) is 5.70. The van der Waals surface area contributed by atoms with Crippen LogP contribution in [0, 0.1) is 0 Å². The Labute approximate surface area is 192 Å². The number of nitrogens with two attached hydrogens (primary N) is 1. The van der Waals surface area contributed by atoms with Crippen LogP contribution in [0.4, 0.5) is 5.82 Å². The molecule has 8 nitrogen and oxygen atoms in total. The lowest BCUT2D eigenvalue weighted by atomic mass is 10.1. The highest BCUT2D eigenvalue weighted by Crippen LogP contribution is 2.29. The van der Waals surface area contributed by atoms with Crippen molar-refractivity contribution in [1.82, 2.24) is 19.9 Å². The minimum atomic E-state index is -0.252. The van der Waals surface area contributed by atoms with Gasteiger partial charge < -0.3 is 25.1 Å². The first-order valence-corrected chi connectivity index (χ1v) is 11.1. The molecule has 4 rings (SSSR count). The van der Waals surface area contributed by atoms with E-state index in [0.29, 0.717) is 53.6 Å². The lowest BCUT2D eigenvalue weighted by Gasteiger charge is -2.10. The standard InChI is InChI=1S/C25H29N5O3/c1-4-5-14-30-23(26)21(22-24(30)29-18-9-7-6-8-17(18)28-22)25(31)27-13-12-16-10-11-19(32-2)20(15-16)33-3/h6-11,15H,4-5,12-14,26H2,1-3H3,(H,27,31). The topological polar surface area (TPSA) is 104 Å². The van der Waals surface area contributed by atoms with E-state index in [-0.39, 0.29) is 5.91 Å². The predicted octanol–water partition coefficient (Wildman–Crippen LogP) is 3.96. The zero-order valence-electron chi connectivity index (χ0n) is 19.2. The van der Waals surface area contributed by atoms with E-state index in [9.17, 15) is 4.79 Å². The van der Waals surface area contributed by atoms with Crippen LogP contribution in [0.3, 0.4) is 0 Å². The second-order valence-corrected chi connectivity index (χ2v) is 7.85. The van der Waals surface area contributed by atoms with Crippen LogP contribution in [0.15, 0.2) is 42.5 Å². The minimum Gasteiger partial charge on any atom is -0.493 e. The number of carbonyl (C=O) groups is 1. The maximum atomic E-state index is 13.2. The Kier molecular flexibility index (Phi) is 6.63. The van der Waals surface area contributed by atoms with Crippen molar-refractivity contribution in [2.24, 2.45) is 0 Å². The number of para-hydroxylation sites is 2. The normalized spacial score (nSPS) is 11.1. The fourth-order valence-corrected chi connectivity index (χ4v) is 3.93. The molecule has 1 amide bonds. The molecular formula is C25H29N5O3. The smallest absolute Gasteiger partial charge is 0.257 e. The van der Waals surface area contributed by atoms with E-state index in [1.165, 1.54) is 0 Å². The van der Waals surface area contributed by atoms with E-state index >= 15 is 0 Å². The number of methoxy groups -OCH3 is 2. The highest BCUT2D eigenvalue weighted by Gasteiger charge is 2.23. The van der Waals surface area contributed by atoms with Gasteiger partial charge in [0, 0.05) is 13.1 Å². The number of hydrogen-bond donors (Lipinski definition) is 2. The van der Waals surface area contributed by atoms with Gasteiger partial charge in [-0.15, -0.1) is 0 Å². The van der Waals surface area contributed by atoms with Gasteiger partial charge in [0.2, 0.25) is 0 Å². The van der Waals surface area contributed by atoms with Gasteiger partial charge in [-0.1, -0.05) is 31.5 Å². The highest BCUT2D eigenvalue weighted by atomic mass is 16.5. The Balaban J connectivity index is 1.61. The fourth-order valence-electron chi connectivity index (χ4n) is 3.93. The molecule has 172 valence electrons. The summed E-state index contributed by atoms with van der Waals surface area (Å²) in [5.41, 5.74) is 10.6. The summed E-state index contributed by atoms with van der Waals surface area (Å²) in [6.07, 6.45) is 2.57. The number of rotatable bonds is 9. The molecule has 2 aromatic heterocycles. The molecule has 33 heavy (non-hydrogen) atoms. The molecule has 0 aliphatic carbocycles. The van der Waals surface area contributed by atoms with Crippen molar-refractivity contribution in [2.45, 2.75) is 32.7 Å². The lowest BCUT2D eigenvalue weighted by molar-refractivity contribution is 0.0956. The average molecular weight is 448 g/mol. The highest BCUT2D eigenvalue weighted by molar-refractivity contribution is 6.10. The fraction of sp³-hybridized carbons (Fsp3) is 0.320. The summed E-state index contributed by atoms with van der Waals surface area (Å²) in [6.45, 7) is 3.24. The average Bonchev–Trinajstić information content (AvgIpc) is 3.10. The third kappa shape index (κ3) is 4.41. The first kappa shape index (κ1) is 22.4. The molecule has 3 N–H and O–H groups in total. The molecule has 8 heteroatoms. The number of benzene rings is 2. The summed E-state index contributed by atoms with van der Waals surface area (Å²) in [5, 5.41) is 2.99. The van der Waals surface area contributed by atoms with E-state index in [0.717, 1.165) is 29.4 Å². The van der Waals surface area contributed by atoms with E-state index in [1.54, 1.807) is 14.2 Å². The molecule has 0 spiro atoms. The van der Waals surface area contributed by atoms with Crippen molar-refractivity contribution in [2.75, 3.05) is 26.5 Å². The number of anilines is 1. The minimum absolute atomic E-state index is 0.252. The molecule has 0 atom stereocenters. The van der Waals surface area contributed by atoms with Crippen molar-refractivity contribution >= 4 is 33.9 Å². The largest absolute Gasteiger partial charge is 0.493 e. The predicted molar refractivity (Wildman–Crippen MR) is 130 cm³/mol. The SMILES string of the molecule is CCCCn1c(N)c(C(=O)NCCc2ccc(OC)c(OC)c2)c2nc3ccccc3nc21. The molecular weight excluding hydrogens is 418 g/mol. The molecule has 0 aliphatic rings. The van der Waals surface area contributed by atoms with E-state index < -0.39 is 0 Å². The summed E-state index contributed by atoms with van der Waals surface area (Å²) in [6, 6.07) is 13.4. The molecule has 0 radical (unpaired) electrons. The molecule has 2 aromatic carbocycles. The zero-order chi connectivity index (χ0) is 23.4. The Morgan fingerprint density at radius 2 is 1.79 bits per heavy atom. The Morgan fingerprint density at radius 1 is 1.06 bits per heavy atom. The van der Waals surface area contributed by atoms with Gasteiger partial charge in [-0.05, 0) is 42.7 Å². The summed E-state index contributed by atoms with van der Waals surface area (Å²) in [5.74, 6) is 1.48. The molecule has 0 aliphatic heterocycles. The van der Waals surface area contributed by atoms with Crippen molar-refractivity contribution in [3.8, 4) is 11.5 Å². The number of nitrogens with one attached hydrogen (secondary N) is 1. The van der Waals surface area contributed by atoms with E-state index in [2.05, 4.69) is 12.2 Å². The van der Waals surface area contributed by atoms with Gasteiger partial charge in [0.05, 0.1) is 25.3 Å². The Morgan fingerprint density at radius 3 is 2.48 bits per heavy atom. The molecule has 0 saturated heterocycles. The second kappa shape index (κ2) is 9.77. The monoisotopic (exact) mass is 447 g/mol. The van der Waals surface area contributed by atoms with Gasteiger partial charge in [0.1, 0.15) is 16.9 Å². The summed E-state index contributed by atoms with van der Waals surface area (Å²) < 4.78 is 12.5. The van der Waals surface area contributed by atoms with Crippen LogP contribution in [0.5, 0.6) is 11.5 Å². The zero-order valence-corrected chi connectivity index (χ0v) is 19.2. The lowest BCUT2D eigenvalue weighted by Crippen LogP contribution is -2.26. The van der Waals surface area contributed by atoms with Gasteiger partial charge in [-0.25, -0.2) is 9.97 Å². The molecule has 2 heterocycles. The van der Waals surface area contributed by atoms with Crippen LogP contribution in [0.2, 0.25) is 0 Å². The first-order chi connectivity index (χ1) is 16.1. The number of aromatic nitrogens is 3. The first-order valence-electron chi connectivity index (χ1n) is 11.1. The van der Waals surface area contributed by atoms with Crippen LogP contribution in [-0.2, 0) is 13.0 Å². The summed E-state index contributed by atoms with van der Waals surface area (Å²) >= 11 is 0. The van der Waals surface area contributed by atoms with E-state index in [1.807, 2.05) is 47.0 Å². The van der Waals surface area contributed by atoms with Gasteiger partial charge >= 0.3 is 0 Å². The molecule has 0 saturated carbocycles. The number of carbonyl (C=O) groups excluding carboxylic acids is 1. The molecule has 0 unspecified atom stereocenters. The number of fused-ring (bicyclic) bond motifs is 2. The molecule has 4 aromatic rings. The summed E-state index contributed by atoms with van der Waals surface area (Å²) in [4.78, 5) is 22.7. The van der Waals surface area contributed by atoms with Crippen LogP contribution >= 0.6 is 0 Å². The maximum Gasteiger partial charge on any atom is 0.257 e. The molecule has 0 fully saturated rings. The number of aryl methyl sites for hydroxylation is 1. The Bertz CT molecular complexity index is 1300. The van der Waals surface area contributed by atoms with Gasteiger partial charge in [0.15, 0.2) is 17.1 Å². The number of nitrogen functional groups attached to an aromatic ring is 1. The van der Waals surface area contributed by atoms with Crippen LogP contribution in [0.25, 0.3) is 22.2 Å². The molecule has 0 bridgehead atoms. The van der Waals surface area contributed by atoms with Crippen LogP contribution < -0.4 is 20.5 Å². The second-order valence-electron chi connectivity index (χ2n) is 7.85. The Hall–Kier alpha value is -3.81. The van der Waals surface area contributed by atoms with Crippen molar-refractivity contribution in [3.63, 3.8) is 0 Å². The van der Waals surface area contributed by atoms with Gasteiger partial charge in [-0.3, -0.25) is 4.79 Å². The quantitative estimate of drug-likeness (QED) is 0.403. The van der Waals surface area contributed by atoms with Gasteiger partial charge in [-0.2, -0.15) is 0 Å². The van der Waals surface area contributed by atoms with Gasteiger partial charge in [0.25, 0.3) is 5.91 Å². The number of amides is 1. The van der Waals surface area contributed by atoms with Crippen LogP contribution in [-0.4, -0.2) is 41.2 Å². The van der Waals surface area contributed by atoms with Crippen molar-refractivity contribution < 1.29 is 14.3 Å². The van der Waals surface area contributed by atoms with Crippen molar-refractivity contribution in [3.05, 3.63) is 53.6 Å². The third-order valence-corrected chi connectivity index (χ3v) is 5.70. The van der Waals surface area contributed by atoms with E-state index in [4.69, 9.17) is 25.2 Å².